The highest BCUT2D eigenvalue weighted by Crippen LogP contribution is 2.24. The van der Waals surface area contributed by atoms with E-state index >= 15 is 0 Å². The lowest BCUT2D eigenvalue weighted by atomic mass is 10.6. The standard InChI is InChI=1S/C6H4F3NO3S/c7-4(11)6(8,9)13-5(12)10-2-1-3-14-10/h1,3H,2H2. The molecule has 0 saturated heterocycles. The molecule has 1 aliphatic rings. The molecule has 78 valence electrons. The largest absolute Gasteiger partial charge is 0.497 e. The van der Waals surface area contributed by atoms with Crippen LogP contribution >= 0.6 is 11.9 Å². The van der Waals surface area contributed by atoms with Gasteiger partial charge in [-0.05, 0) is 17.4 Å². The van der Waals surface area contributed by atoms with E-state index < -0.39 is 18.2 Å². The van der Waals surface area contributed by atoms with Crippen molar-refractivity contribution in [3.05, 3.63) is 11.5 Å². The summed E-state index contributed by atoms with van der Waals surface area (Å²) >= 11 is 0.814. The number of nitrogens with zero attached hydrogens (tertiary/aromatic N) is 1. The molecule has 0 fully saturated rings. The number of hydrogen-bond acceptors (Lipinski definition) is 4. The Balaban J connectivity index is 2.51. The highest BCUT2D eigenvalue weighted by Gasteiger charge is 2.45. The Morgan fingerprint density at radius 1 is 1.50 bits per heavy atom. The summed E-state index contributed by atoms with van der Waals surface area (Å²) in [6.45, 7) is 0.0695. The van der Waals surface area contributed by atoms with Crippen LogP contribution in [0.15, 0.2) is 11.5 Å². The minimum absolute atomic E-state index is 0.0695. The average Bonchev–Trinajstić information content (AvgIpc) is 2.54. The summed E-state index contributed by atoms with van der Waals surface area (Å²) in [5.41, 5.74) is 0. The third-order valence-electron chi connectivity index (χ3n) is 1.20. The minimum atomic E-state index is -4.71. The van der Waals surface area contributed by atoms with E-state index in [2.05, 4.69) is 4.74 Å². The molecule has 4 nitrogen and oxygen atoms in total. The van der Waals surface area contributed by atoms with E-state index in [4.69, 9.17) is 0 Å². The highest BCUT2D eigenvalue weighted by atomic mass is 32.2. The molecule has 0 aromatic carbocycles. The van der Waals surface area contributed by atoms with E-state index in [9.17, 15) is 22.8 Å². The molecule has 0 aromatic heterocycles. The molecule has 1 rings (SSSR count). The van der Waals surface area contributed by atoms with Gasteiger partial charge >= 0.3 is 18.2 Å². The van der Waals surface area contributed by atoms with E-state index in [-0.39, 0.29) is 6.54 Å². The summed E-state index contributed by atoms with van der Waals surface area (Å²) in [5.74, 6) is 0. The predicted molar refractivity (Wildman–Crippen MR) is 41.0 cm³/mol. The summed E-state index contributed by atoms with van der Waals surface area (Å²) in [6, 6.07) is -3.00. The number of amides is 1. The van der Waals surface area contributed by atoms with Crippen LogP contribution in [0.3, 0.4) is 0 Å². The predicted octanol–water partition coefficient (Wildman–Crippen LogP) is 1.69. The first-order valence-corrected chi connectivity index (χ1v) is 4.17. The molecule has 8 heteroatoms. The van der Waals surface area contributed by atoms with Crippen LogP contribution in [0, 0.1) is 0 Å². The zero-order valence-electron chi connectivity index (χ0n) is 6.58. The van der Waals surface area contributed by atoms with E-state index in [1.54, 1.807) is 0 Å². The summed E-state index contributed by atoms with van der Waals surface area (Å²) in [5, 5.41) is 1.47. The highest BCUT2D eigenvalue weighted by molar-refractivity contribution is 8.00. The lowest BCUT2D eigenvalue weighted by Gasteiger charge is -2.16. The van der Waals surface area contributed by atoms with Crippen molar-refractivity contribution in [2.24, 2.45) is 0 Å². The van der Waals surface area contributed by atoms with Crippen LogP contribution < -0.4 is 0 Å². The zero-order chi connectivity index (χ0) is 10.8. The molecular weight excluding hydrogens is 223 g/mol. The van der Waals surface area contributed by atoms with Crippen LogP contribution in [0.1, 0.15) is 0 Å². The van der Waals surface area contributed by atoms with Gasteiger partial charge in [-0.15, -0.1) is 0 Å². The Hall–Kier alpha value is -1.18. The van der Waals surface area contributed by atoms with Crippen LogP contribution in [0.25, 0.3) is 0 Å². The molecule has 0 unspecified atom stereocenters. The Kier molecular flexibility index (Phi) is 3.04. The van der Waals surface area contributed by atoms with Crippen LogP contribution in [0.4, 0.5) is 18.0 Å². The first kappa shape index (κ1) is 10.9. The Bertz CT molecular complexity index is 286. The molecular formula is C6H4F3NO3S. The smallest absolute Gasteiger partial charge is 0.375 e. The molecule has 14 heavy (non-hydrogen) atoms. The summed E-state index contributed by atoms with van der Waals surface area (Å²) in [4.78, 5) is 20.5. The van der Waals surface area contributed by atoms with Gasteiger partial charge in [0.1, 0.15) is 0 Å². The van der Waals surface area contributed by atoms with Crippen LogP contribution in [0.5, 0.6) is 0 Å². The molecule has 1 amide bonds. The van der Waals surface area contributed by atoms with Gasteiger partial charge in [0.15, 0.2) is 0 Å². The lowest BCUT2D eigenvalue weighted by molar-refractivity contribution is -0.215. The maximum Gasteiger partial charge on any atom is 0.497 e. The minimum Gasteiger partial charge on any atom is -0.375 e. The molecule has 0 atom stereocenters. The lowest BCUT2D eigenvalue weighted by Crippen LogP contribution is -2.36. The van der Waals surface area contributed by atoms with Crippen molar-refractivity contribution in [3.8, 4) is 0 Å². The van der Waals surface area contributed by atoms with Crippen LogP contribution in [-0.2, 0) is 9.53 Å². The molecule has 0 bridgehead atoms. The van der Waals surface area contributed by atoms with E-state index in [0.717, 1.165) is 16.3 Å². The fourth-order valence-electron chi connectivity index (χ4n) is 0.617. The average molecular weight is 227 g/mol. The Labute approximate surface area is 80.8 Å². The maximum absolute atomic E-state index is 12.2. The molecule has 0 aliphatic carbocycles. The molecule has 1 aliphatic heterocycles. The summed E-state index contributed by atoms with van der Waals surface area (Å²) in [7, 11) is 0. The molecule has 0 saturated carbocycles. The second-order valence-electron chi connectivity index (χ2n) is 2.20. The van der Waals surface area contributed by atoms with Gasteiger partial charge in [-0.25, -0.2) is 13.9 Å². The molecule has 1 heterocycles. The van der Waals surface area contributed by atoms with Gasteiger partial charge in [0.25, 0.3) is 0 Å². The number of rotatable bonds is 2. The SMILES string of the molecule is O=C(OC(F)(F)C(=O)F)N1CC=CS1. The van der Waals surface area contributed by atoms with Crippen molar-refractivity contribution in [2.45, 2.75) is 6.11 Å². The second-order valence-corrected chi connectivity index (χ2v) is 3.12. The summed E-state index contributed by atoms with van der Waals surface area (Å²) in [6.07, 6.45) is -4.65. The topological polar surface area (TPSA) is 46.6 Å². The fourth-order valence-corrected chi connectivity index (χ4v) is 1.23. The van der Waals surface area contributed by atoms with Crippen molar-refractivity contribution in [1.82, 2.24) is 4.31 Å². The Morgan fingerprint density at radius 3 is 2.57 bits per heavy atom. The fraction of sp³-hybridized carbons (Fsp3) is 0.333. The molecule has 0 N–H and O–H groups in total. The molecule has 0 spiro atoms. The van der Waals surface area contributed by atoms with Gasteiger partial charge in [-0.3, -0.25) is 0 Å². The van der Waals surface area contributed by atoms with Crippen molar-refractivity contribution >= 4 is 24.1 Å². The van der Waals surface area contributed by atoms with E-state index in [1.807, 2.05) is 0 Å². The van der Waals surface area contributed by atoms with Gasteiger partial charge in [0.2, 0.25) is 0 Å². The zero-order valence-corrected chi connectivity index (χ0v) is 7.39. The molecule has 0 aromatic rings. The maximum atomic E-state index is 12.2. The van der Waals surface area contributed by atoms with Crippen molar-refractivity contribution in [3.63, 3.8) is 0 Å². The van der Waals surface area contributed by atoms with Gasteiger partial charge in [0.05, 0.1) is 6.54 Å². The van der Waals surface area contributed by atoms with Crippen LogP contribution in [-0.4, -0.2) is 29.1 Å². The third-order valence-corrected chi connectivity index (χ3v) is 2.07. The first-order chi connectivity index (χ1) is 6.43. The quantitative estimate of drug-likeness (QED) is 0.532. The second kappa shape index (κ2) is 3.91. The van der Waals surface area contributed by atoms with E-state index in [1.165, 1.54) is 11.5 Å². The Morgan fingerprint density at radius 2 is 2.14 bits per heavy atom. The number of carbonyl (C=O) groups is 2. The van der Waals surface area contributed by atoms with Gasteiger partial charge < -0.3 is 4.74 Å². The number of alkyl halides is 2. The third kappa shape index (κ3) is 2.41. The summed E-state index contributed by atoms with van der Waals surface area (Å²) < 4.78 is 40.2. The van der Waals surface area contributed by atoms with Crippen molar-refractivity contribution in [1.29, 1.82) is 0 Å². The monoisotopic (exact) mass is 227 g/mol. The van der Waals surface area contributed by atoms with Crippen molar-refractivity contribution in [2.75, 3.05) is 6.54 Å². The normalized spacial score (nSPS) is 15.8. The first-order valence-electron chi connectivity index (χ1n) is 3.33. The van der Waals surface area contributed by atoms with Gasteiger partial charge in [-0.1, -0.05) is 6.08 Å². The van der Waals surface area contributed by atoms with E-state index in [0.29, 0.717) is 0 Å². The van der Waals surface area contributed by atoms with Gasteiger partial charge in [-0.2, -0.15) is 13.2 Å². The number of halogens is 3. The molecule has 0 radical (unpaired) electrons. The number of hydrogen-bond donors (Lipinski definition) is 0. The van der Waals surface area contributed by atoms with Crippen LogP contribution in [0.2, 0.25) is 0 Å². The van der Waals surface area contributed by atoms with Crippen molar-refractivity contribution < 1.29 is 27.5 Å². The number of ether oxygens (including phenoxy) is 1. The van der Waals surface area contributed by atoms with Gasteiger partial charge in [0, 0.05) is 0 Å². The number of carbonyl (C=O) groups excluding carboxylic acids is 2.